The summed E-state index contributed by atoms with van der Waals surface area (Å²) in [5.41, 5.74) is 1.97. The maximum Gasteiger partial charge on any atom is 0.335 e. The van der Waals surface area contributed by atoms with Gasteiger partial charge in [-0.1, -0.05) is 30.3 Å². The van der Waals surface area contributed by atoms with Crippen molar-refractivity contribution in [2.24, 2.45) is 0 Å². The summed E-state index contributed by atoms with van der Waals surface area (Å²) in [6.07, 6.45) is 1.43. The third-order valence-electron chi connectivity index (χ3n) is 3.19. The summed E-state index contributed by atoms with van der Waals surface area (Å²) in [6.45, 7) is 0.646. The zero-order valence-corrected chi connectivity index (χ0v) is 11.2. The van der Waals surface area contributed by atoms with Gasteiger partial charge in [-0.3, -0.25) is 0 Å². The van der Waals surface area contributed by atoms with Crippen molar-refractivity contribution < 1.29 is 9.90 Å². The predicted molar refractivity (Wildman–Crippen MR) is 80.3 cm³/mol. The summed E-state index contributed by atoms with van der Waals surface area (Å²) in [7, 11) is 0. The number of carbonyl (C=O) groups is 1. The van der Waals surface area contributed by atoms with Crippen LogP contribution in [0.25, 0.3) is 10.9 Å². The lowest BCUT2D eigenvalue weighted by atomic mass is 10.1. The second kappa shape index (κ2) is 5.58. The van der Waals surface area contributed by atoms with Crippen LogP contribution >= 0.6 is 0 Å². The summed E-state index contributed by atoms with van der Waals surface area (Å²) < 4.78 is 0. The SMILES string of the molecule is O=C(O)c1ccc2c(NCc3ccccc3)ncnc2c1. The molecule has 3 rings (SSSR count). The lowest BCUT2D eigenvalue weighted by Crippen LogP contribution is -2.03. The maximum absolute atomic E-state index is 11.0. The van der Waals surface area contributed by atoms with Crippen LogP contribution in [0.4, 0.5) is 5.82 Å². The number of nitrogens with zero attached hydrogens (tertiary/aromatic N) is 2. The summed E-state index contributed by atoms with van der Waals surface area (Å²) in [5, 5.41) is 13.1. The van der Waals surface area contributed by atoms with Gasteiger partial charge in [0.2, 0.25) is 0 Å². The third kappa shape index (κ3) is 2.81. The van der Waals surface area contributed by atoms with E-state index in [0.29, 0.717) is 17.9 Å². The van der Waals surface area contributed by atoms with Gasteiger partial charge in [0, 0.05) is 11.9 Å². The van der Waals surface area contributed by atoms with Crippen LogP contribution in [0.3, 0.4) is 0 Å². The molecular weight excluding hydrogens is 266 g/mol. The first-order chi connectivity index (χ1) is 10.2. The van der Waals surface area contributed by atoms with E-state index in [9.17, 15) is 4.79 Å². The fourth-order valence-corrected chi connectivity index (χ4v) is 2.11. The van der Waals surface area contributed by atoms with Crippen molar-refractivity contribution in [1.29, 1.82) is 0 Å². The molecule has 0 amide bonds. The van der Waals surface area contributed by atoms with Crippen LogP contribution in [-0.2, 0) is 6.54 Å². The van der Waals surface area contributed by atoms with Gasteiger partial charge in [-0.25, -0.2) is 14.8 Å². The van der Waals surface area contributed by atoms with Gasteiger partial charge in [-0.15, -0.1) is 0 Å². The Kier molecular flexibility index (Phi) is 3.47. The summed E-state index contributed by atoms with van der Waals surface area (Å²) in [6, 6.07) is 14.8. The summed E-state index contributed by atoms with van der Waals surface area (Å²) in [4.78, 5) is 19.3. The van der Waals surface area contributed by atoms with E-state index >= 15 is 0 Å². The van der Waals surface area contributed by atoms with Crippen LogP contribution in [0.2, 0.25) is 0 Å². The first kappa shape index (κ1) is 13.1. The minimum atomic E-state index is -0.964. The molecule has 0 spiro atoms. The van der Waals surface area contributed by atoms with Crippen molar-refractivity contribution in [3.63, 3.8) is 0 Å². The first-order valence-corrected chi connectivity index (χ1v) is 6.50. The second-order valence-corrected chi connectivity index (χ2v) is 4.60. The first-order valence-electron chi connectivity index (χ1n) is 6.50. The Hall–Kier alpha value is -2.95. The largest absolute Gasteiger partial charge is 0.478 e. The summed E-state index contributed by atoms with van der Waals surface area (Å²) in [5.74, 6) is -0.268. The van der Waals surface area contributed by atoms with Crippen LogP contribution < -0.4 is 5.32 Å². The van der Waals surface area contributed by atoms with Crippen LogP contribution in [0.1, 0.15) is 15.9 Å². The Labute approximate surface area is 121 Å². The Bertz CT molecular complexity index is 788. The average Bonchev–Trinajstić information content (AvgIpc) is 2.53. The van der Waals surface area contributed by atoms with Gasteiger partial charge in [-0.2, -0.15) is 0 Å². The molecule has 2 N–H and O–H groups in total. The van der Waals surface area contributed by atoms with E-state index in [1.807, 2.05) is 30.3 Å². The number of aromatic carboxylic acids is 1. The number of rotatable bonds is 4. The highest BCUT2D eigenvalue weighted by molar-refractivity contribution is 5.96. The Morgan fingerprint density at radius 2 is 1.90 bits per heavy atom. The highest BCUT2D eigenvalue weighted by atomic mass is 16.4. The molecule has 5 heteroatoms. The van der Waals surface area contributed by atoms with E-state index in [1.54, 1.807) is 18.2 Å². The van der Waals surface area contributed by atoms with Gasteiger partial charge in [-0.05, 0) is 23.8 Å². The molecule has 21 heavy (non-hydrogen) atoms. The Morgan fingerprint density at radius 3 is 2.67 bits per heavy atom. The van der Waals surface area contributed by atoms with Crippen LogP contribution in [0.5, 0.6) is 0 Å². The highest BCUT2D eigenvalue weighted by Gasteiger charge is 2.08. The topological polar surface area (TPSA) is 75.1 Å². The number of anilines is 1. The van der Waals surface area contributed by atoms with E-state index in [0.717, 1.165) is 10.9 Å². The van der Waals surface area contributed by atoms with E-state index < -0.39 is 5.97 Å². The van der Waals surface area contributed by atoms with E-state index in [2.05, 4.69) is 15.3 Å². The number of aromatic nitrogens is 2. The zero-order valence-electron chi connectivity index (χ0n) is 11.2. The Balaban J connectivity index is 1.90. The molecule has 0 radical (unpaired) electrons. The second-order valence-electron chi connectivity index (χ2n) is 4.60. The van der Waals surface area contributed by atoms with Gasteiger partial charge in [0.05, 0.1) is 11.1 Å². The molecule has 5 nitrogen and oxygen atoms in total. The van der Waals surface area contributed by atoms with Crippen LogP contribution in [0, 0.1) is 0 Å². The maximum atomic E-state index is 11.0. The minimum Gasteiger partial charge on any atom is -0.478 e. The standard InChI is InChI=1S/C16H13N3O2/c20-16(21)12-6-7-13-14(8-12)18-10-19-15(13)17-9-11-4-2-1-3-5-11/h1-8,10H,9H2,(H,20,21)(H,17,18,19). The van der Waals surface area contributed by atoms with Crippen molar-refractivity contribution in [1.82, 2.24) is 9.97 Å². The van der Waals surface area contributed by atoms with Crippen molar-refractivity contribution in [2.75, 3.05) is 5.32 Å². The fraction of sp³-hybridized carbons (Fsp3) is 0.0625. The normalized spacial score (nSPS) is 10.5. The van der Waals surface area contributed by atoms with Crippen molar-refractivity contribution >= 4 is 22.7 Å². The molecule has 2 aromatic carbocycles. The fourth-order valence-electron chi connectivity index (χ4n) is 2.11. The van der Waals surface area contributed by atoms with E-state index in [1.165, 1.54) is 6.33 Å². The van der Waals surface area contributed by atoms with E-state index in [-0.39, 0.29) is 5.56 Å². The molecule has 0 aliphatic heterocycles. The Morgan fingerprint density at radius 1 is 1.10 bits per heavy atom. The number of carboxylic acids is 1. The van der Waals surface area contributed by atoms with Gasteiger partial charge < -0.3 is 10.4 Å². The van der Waals surface area contributed by atoms with Crippen molar-refractivity contribution in [2.45, 2.75) is 6.54 Å². The molecule has 104 valence electrons. The number of fused-ring (bicyclic) bond motifs is 1. The molecule has 1 heterocycles. The van der Waals surface area contributed by atoms with Gasteiger partial charge in [0.15, 0.2) is 0 Å². The molecule has 0 saturated carbocycles. The number of carboxylic acid groups (broad SMARTS) is 1. The molecule has 1 aromatic heterocycles. The molecule has 0 fully saturated rings. The predicted octanol–water partition coefficient (Wildman–Crippen LogP) is 2.94. The smallest absolute Gasteiger partial charge is 0.335 e. The van der Waals surface area contributed by atoms with Crippen molar-refractivity contribution in [3.8, 4) is 0 Å². The van der Waals surface area contributed by atoms with Crippen LogP contribution in [-0.4, -0.2) is 21.0 Å². The lowest BCUT2D eigenvalue weighted by Gasteiger charge is -2.08. The molecule has 0 bridgehead atoms. The number of nitrogens with one attached hydrogen (secondary N) is 1. The van der Waals surface area contributed by atoms with Crippen LogP contribution in [0.15, 0.2) is 54.9 Å². The van der Waals surface area contributed by atoms with Gasteiger partial charge >= 0.3 is 5.97 Å². The monoisotopic (exact) mass is 279 g/mol. The third-order valence-corrected chi connectivity index (χ3v) is 3.19. The quantitative estimate of drug-likeness (QED) is 0.768. The summed E-state index contributed by atoms with van der Waals surface area (Å²) >= 11 is 0. The number of hydrogen-bond acceptors (Lipinski definition) is 4. The molecule has 0 unspecified atom stereocenters. The molecule has 0 atom stereocenters. The number of hydrogen-bond donors (Lipinski definition) is 2. The van der Waals surface area contributed by atoms with Crippen molar-refractivity contribution in [3.05, 3.63) is 66.0 Å². The molecule has 3 aromatic rings. The number of benzene rings is 2. The average molecular weight is 279 g/mol. The zero-order chi connectivity index (χ0) is 14.7. The van der Waals surface area contributed by atoms with Gasteiger partial charge in [0.1, 0.15) is 12.1 Å². The minimum absolute atomic E-state index is 0.218. The molecular formula is C16H13N3O2. The molecule has 0 saturated heterocycles. The molecule has 0 aliphatic carbocycles. The van der Waals surface area contributed by atoms with E-state index in [4.69, 9.17) is 5.11 Å². The van der Waals surface area contributed by atoms with Gasteiger partial charge in [0.25, 0.3) is 0 Å². The lowest BCUT2D eigenvalue weighted by molar-refractivity contribution is 0.0697. The molecule has 0 aliphatic rings. The highest BCUT2D eigenvalue weighted by Crippen LogP contribution is 2.21.